The molecule has 0 amide bonds. The van der Waals surface area contributed by atoms with Gasteiger partial charge in [0.15, 0.2) is 0 Å². The van der Waals surface area contributed by atoms with E-state index in [1.165, 1.54) is 0 Å². The molecule has 5 heteroatoms. The lowest BCUT2D eigenvalue weighted by molar-refractivity contribution is 0.946. The quantitative estimate of drug-likeness (QED) is 0.933. The van der Waals surface area contributed by atoms with Gasteiger partial charge in [0.05, 0.1) is 4.88 Å². The molecule has 1 N–H and O–H groups in total. The zero-order chi connectivity index (χ0) is 11.4. The zero-order valence-electron chi connectivity index (χ0n) is 8.90. The number of halogens is 1. The summed E-state index contributed by atoms with van der Waals surface area (Å²) in [6, 6.07) is 6.00. The predicted molar refractivity (Wildman–Crippen MR) is 71.8 cm³/mol. The molecule has 0 aliphatic heterocycles. The molecule has 0 saturated heterocycles. The van der Waals surface area contributed by atoms with Gasteiger partial charge < -0.3 is 5.32 Å². The maximum atomic E-state index is 4.19. The van der Waals surface area contributed by atoms with Crippen LogP contribution in [0.3, 0.4) is 0 Å². The van der Waals surface area contributed by atoms with Crippen molar-refractivity contribution < 1.29 is 0 Å². The second kappa shape index (κ2) is 5.41. The molecule has 2 heterocycles. The van der Waals surface area contributed by atoms with E-state index < -0.39 is 0 Å². The van der Waals surface area contributed by atoms with Crippen molar-refractivity contribution in [2.24, 2.45) is 0 Å². The lowest BCUT2D eigenvalue weighted by atomic mass is 10.3. The van der Waals surface area contributed by atoms with Crippen molar-refractivity contribution in [1.29, 1.82) is 0 Å². The lowest BCUT2D eigenvalue weighted by Gasteiger charge is -2.02. The van der Waals surface area contributed by atoms with Crippen LogP contribution in [-0.4, -0.2) is 16.7 Å². The minimum absolute atomic E-state index is 0.834. The highest BCUT2D eigenvalue weighted by Gasteiger charge is 2.03. The Labute approximate surface area is 107 Å². The van der Waals surface area contributed by atoms with E-state index in [0.29, 0.717) is 0 Å². The van der Waals surface area contributed by atoms with Gasteiger partial charge in [-0.1, -0.05) is 6.92 Å². The molecule has 16 heavy (non-hydrogen) atoms. The molecule has 0 aromatic carbocycles. The van der Waals surface area contributed by atoms with Gasteiger partial charge in [-0.3, -0.25) is 0 Å². The molecule has 0 atom stereocenters. The zero-order valence-corrected chi connectivity index (χ0v) is 11.3. The standard InChI is InChI=1S/C11H12BrN3S/c1-2-5-13-11-4-3-9(14-15-11)10-6-8(12)7-16-10/h3-4,6-7H,2,5H2,1H3,(H,13,15). The van der Waals surface area contributed by atoms with Crippen LogP contribution >= 0.6 is 27.3 Å². The van der Waals surface area contributed by atoms with E-state index >= 15 is 0 Å². The second-order valence-electron chi connectivity index (χ2n) is 3.36. The lowest BCUT2D eigenvalue weighted by Crippen LogP contribution is -2.02. The number of nitrogens with zero attached hydrogens (tertiary/aromatic N) is 2. The van der Waals surface area contributed by atoms with Gasteiger partial charge in [0, 0.05) is 16.4 Å². The van der Waals surface area contributed by atoms with Gasteiger partial charge in [-0.2, -0.15) is 0 Å². The predicted octanol–water partition coefficient (Wildman–Crippen LogP) is 3.79. The van der Waals surface area contributed by atoms with E-state index in [2.05, 4.69) is 38.4 Å². The van der Waals surface area contributed by atoms with E-state index in [9.17, 15) is 0 Å². The second-order valence-corrected chi connectivity index (χ2v) is 5.19. The number of hydrogen-bond donors (Lipinski definition) is 1. The molecule has 0 radical (unpaired) electrons. The molecule has 2 aromatic heterocycles. The van der Waals surface area contributed by atoms with Crippen molar-refractivity contribution in [3.05, 3.63) is 28.1 Å². The van der Waals surface area contributed by atoms with Gasteiger partial charge in [0.2, 0.25) is 0 Å². The normalized spacial score (nSPS) is 10.4. The number of anilines is 1. The van der Waals surface area contributed by atoms with Gasteiger partial charge in [0.1, 0.15) is 11.5 Å². The van der Waals surface area contributed by atoms with Crippen LogP contribution in [0, 0.1) is 0 Å². The fraction of sp³-hybridized carbons (Fsp3) is 0.273. The molecule has 0 aliphatic carbocycles. The van der Waals surface area contributed by atoms with E-state index in [0.717, 1.165) is 33.8 Å². The molecule has 3 nitrogen and oxygen atoms in total. The van der Waals surface area contributed by atoms with Crippen LogP contribution in [0.1, 0.15) is 13.3 Å². The third kappa shape index (κ3) is 2.80. The summed E-state index contributed by atoms with van der Waals surface area (Å²) in [7, 11) is 0. The highest BCUT2D eigenvalue weighted by molar-refractivity contribution is 9.10. The Kier molecular flexibility index (Phi) is 3.90. The molecular weight excluding hydrogens is 286 g/mol. The molecule has 84 valence electrons. The summed E-state index contributed by atoms with van der Waals surface area (Å²) in [5.74, 6) is 0.834. The largest absolute Gasteiger partial charge is 0.369 e. The SMILES string of the molecule is CCCNc1ccc(-c2cc(Br)cs2)nn1. The number of nitrogens with one attached hydrogen (secondary N) is 1. The van der Waals surface area contributed by atoms with E-state index in [-0.39, 0.29) is 0 Å². The Hall–Kier alpha value is -0.940. The summed E-state index contributed by atoms with van der Waals surface area (Å²) in [4.78, 5) is 1.13. The molecule has 0 fully saturated rings. The molecule has 2 aromatic rings. The molecular formula is C11H12BrN3S. The van der Waals surface area contributed by atoms with Gasteiger partial charge in [-0.25, -0.2) is 0 Å². The smallest absolute Gasteiger partial charge is 0.148 e. The first-order valence-corrected chi connectivity index (χ1v) is 6.79. The molecule has 0 spiro atoms. The Morgan fingerprint density at radius 1 is 1.38 bits per heavy atom. The van der Waals surface area contributed by atoms with Crippen molar-refractivity contribution in [1.82, 2.24) is 10.2 Å². The maximum absolute atomic E-state index is 4.19. The number of thiophene rings is 1. The summed E-state index contributed by atoms with van der Waals surface area (Å²) < 4.78 is 1.09. The average Bonchev–Trinajstić information content (AvgIpc) is 2.74. The molecule has 0 unspecified atom stereocenters. The van der Waals surface area contributed by atoms with Crippen molar-refractivity contribution in [3.8, 4) is 10.6 Å². The highest BCUT2D eigenvalue weighted by atomic mass is 79.9. The third-order valence-corrected chi connectivity index (χ3v) is 3.75. The third-order valence-electron chi connectivity index (χ3n) is 2.04. The molecule has 2 rings (SSSR count). The number of rotatable bonds is 4. The molecule has 0 aliphatic rings. The minimum Gasteiger partial charge on any atom is -0.369 e. The maximum Gasteiger partial charge on any atom is 0.148 e. The number of aromatic nitrogens is 2. The molecule has 0 saturated carbocycles. The van der Waals surface area contributed by atoms with Crippen molar-refractivity contribution in [3.63, 3.8) is 0 Å². The fourth-order valence-electron chi connectivity index (χ4n) is 1.26. The van der Waals surface area contributed by atoms with Crippen LogP contribution in [0.15, 0.2) is 28.1 Å². The van der Waals surface area contributed by atoms with E-state index in [1.807, 2.05) is 23.6 Å². The summed E-state index contributed by atoms with van der Waals surface area (Å²) in [6.07, 6.45) is 1.08. The first-order valence-electron chi connectivity index (χ1n) is 5.11. The van der Waals surface area contributed by atoms with Crippen LogP contribution in [0.25, 0.3) is 10.6 Å². The highest BCUT2D eigenvalue weighted by Crippen LogP contribution is 2.28. The van der Waals surface area contributed by atoms with Gasteiger partial charge in [0.25, 0.3) is 0 Å². The molecule has 0 bridgehead atoms. The summed E-state index contributed by atoms with van der Waals surface area (Å²) in [6.45, 7) is 3.05. The Balaban J connectivity index is 2.13. The van der Waals surface area contributed by atoms with Crippen molar-refractivity contribution in [2.45, 2.75) is 13.3 Å². The number of hydrogen-bond acceptors (Lipinski definition) is 4. The first-order chi connectivity index (χ1) is 7.79. The minimum atomic E-state index is 0.834. The van der Waals surface area contributed by atoms with Crippen molar-refractivity contribution >= 4 is 33.1 Å². The van der Waals surface area contributed by atoms with Crippen LogP contribution in [-0.2, 0) is 0 Å². The summed E-state index contributed by atoms with van der Waals surface area (Å²) >= 11 is 5.08. The van der Waals surface area contributed by atoms with E-state index in [4.69, 9.17) is 0 Å². The van der Waals surface area contributed by atoms with Crippen LogP contribution < -0.4 is 5.32 Å². The van der Waals surface area contributed by atoms with Crippen LogP contribution in [0.4, 0.5) is 5.82 Å². The van der Waals surface area contributed by atoms with Gasteiger partial charge >= 0.3 is 0 Å². The Morgan fingerprint density at radius 3 is 2.81 bits per heavy atom. The average molecular weight is 298 g/mol. The van der Waals surface area contributed by atoms with E-state index in [1.54, 1.807) is 11.3 Å². The van der Waals surface area contributed by atoms with Gasteiger partial charge in [-0.15, -0.1) is 21.5 Å². The van der Waals surface area contributed by atoms with Crippen molar-refractivity contribution in [2.75, 3.05) is 11.9 Å². The Morgan fingerprint density at radius 2 is 2.25 bits per heavy atom. The first kappa shape index (κ1) is 11.5. The van der Waals surface area contributed by atoms with Gasteiger partial charge in [-0.05, 0) is 40.5 Å². The Bertz CT molecular complexity index is 453. The van der Waals surface area contributed by atoms with Crippen LogP contribution in [0.2, 0.25) is 0 Å². The van der Waals surface area contributed by atoms with Crippen LogP contribution in [0.5, 0.6) is 0 Å². The monoisotopic (exact) mass is 297 g/mol. The topological polar surface area (TPSA) is 37.8 Å². The fourth-order valence-corrected chi connectivity index (χ4v) is 2.65. The summed E-state index contributed by atoms with van der Waals surface area (Å²) in [5.41, 5.74) is 0.915. The summed E-state index contributed by atoms with van der Waals surface area (Å²) in [5, 5.41) is 13.6.